The maximum absolute atomic E-state index is 14.3. The Morgan fingerprint density at radius 1 is 1.13 bits per heavy atom. The summed E-state index contributed by atoms with van der Waals surface area (Å²) >= 11 is 6.04. The summed E-state index contributed by atoms with van der Waals surface area (Å²) in [4.78, 5) is 27.5. The number of amides is 2. The van der Waals surface area contributed by atoms with Crippen LogP contribution in [-0.4, -0.2) is 28.8 Å². The molecule has 1 aliphatic rings. The Kier molecular flexibility index (Phi) is 7.86. The molecule has 30 heavy (non-hydrogen) atoms. The third-order valence-electron chi connectivity index (χ3n) is 5.66. The Labute approximate surface area is 182 Å². The topological polar surface area (TPSA) is 49.4 Å². The summed E-state index contributed by atoms with van der Waals surface area (Å²) < 4.78 is 14.3. The van der Waals surface area contributed by atoms with E-state index in [1.807, 2.05) is 6.07 Å². The van der Waals surface area contributed by atoms with Crippen LogP contribution in [0.15, 0.2) is 48.5 Å². The van der Waals surface area contributed by atoms with Crippen LogP contribution in [0.25, 0.3) is 0 Å². The molecule has 1 atom stereocenters. The van der Waals surface area contributed by atoms with E-state index in [4.69, 9.17) is 11.6 Å². The van der Waals surface area contributed by atoms with E-state index in [1.165, 1.54) is 17.4 Å². The Balaban J connectivity index is 1.77. The fraction of sp³-hybridized carbons (Fsp3) is 0.417. The molecule has 1 saturated carbocycles. The molecular weight excluding hydrogens is 403 g/mol. The van der Waals surface area contributed by atoms with Gasteiger partial charge in [0.2, 0.25) is 11.8 Å². The molecular formula is C24H28ClFN2O2. The number of carbonyl (C=O) groups excluding carboxylic acids is 2. The van der Waals surface area contributed by atoms with Gasteiger partial charge in [0.05, 0.1) is 6.42 Å². The minimum Gasteiger partial charge on any atom is -0.352 e. The van der Waals surface area contributed by atoms with Gasteiger partial charge in [-0.3, -0.25) is 9.59 Å². The molecule has 0 bridgehead atoms. The number of carbonyl (C=O) groups is 2. The van der Waals surface area contributed by atoms with Crippen LogP contribution in [0.3, 0.4) is 0 Å². The van der Waals surface area contributed by atoms with Gasteiger partial charge in [0.25, 0.3) is 0 Å². The van der Waals surface area contributed by atoms with Crippen LogP contribution < -0.4 is 5.32 Å². The third-order valence-corrected chi connectivity index (χ3v) is 5.90. The first kappa shape index (κ1) is 22.3. The first-order chi connectivity index (χ1) is 14.4. The van der Waals surface area contributed by atoms with Gasteiger partial charge < -0.3 is 10.2 Å². The smallest absolute Gasteiger partial charge is 0.242 e. The number of nitrogens with zero attached hydrogens (tertiary/aromatic N) is 1. The van der Waals surface area contributed by atoms with Gasteiger partial charge in [0.15, 0.2) is 0 Å². The molecule has 2 amide bonds. The maximum Gasteiger partial charge on any atom is 0.242 e. The van der Waals surface area contributed by atoms with E-state index >= 15 is 0 Å². The second-order valence-corrected chi connectivity index (χ2v) is 8.38. The molecule has 0 unspecified atom stereocenters. The largest absolute Gasteiger partial charge is 0.352 e. The number of benzene rings is 2. The molecule has 160 valence electrons. The number of rotatable bonds is 7. The van der Waals surface area contributed by atoms with Gasteiger partial charge in [-0.2, -0.15) is 0 Å². The number of nitrogens with one attached hydrogen (secondary N) is 1. The first-order valence-corrected chi connectivity index (χ1v) is 10.9. The molecule has 2 aromatic carbocycles. The van der Waals surface area contributed by atoms with E-state index in [9.17, 15) is 14.0 Å². The predicted molar refractivity (Wildman–Crippen MR) is 117 cm³/mol. The number of hydrogen-bond acceptors (Lipinski definition) is 2. The minimum atomic E-state index is -0.710. The Morgan fingerprint density at radius 2 is 1.87 bits per heavy atom. The molecule has 0 spiro atoms. The van der Waals surface area contributed by atoms with Crippen LogP contribution in [0.4, 0.5) is 4.39 Å². The molecule has 1 N–H and O–H groups in total. The Morgan fingerprint density at radius 3 is 2.57 bits per heavy atom. The molecule has 6 heteroatoms. The quantitative estimate of drug-likeness (QED) is 0.680. The fourth-order valence-corrected chi connectivity index (χ4v) is 4.10. The maximum atomic E-state index is 14.3. The molecule has 2 aromatic rings. The number of hydrogen-bond donors (Lipinski definition) is 1. The van der Waals surface area contributed by atoms with Crippen molar-refractivity contribution in [2.24, 2.45) is 0 Å². The highest BCUT2D eigenvalue weighted by atomic mass is 35.5. The predicted octanol–water partition coefficient (Wildman–Crippen LogP) is 4.89. The molecule has 0 heterocycles. The zero-order valence-corrected chi connectivity index (χ0v) is 18.0. The SMILES string of the molecule is C[C@H](C(=O)NC1CCCCC1)N(Cc1ccccc1F)C(=O)Cc1cccc(Cl)c1. The standard InChI is InChI=1S/C24H28ClFN2O2/c1-17(24(30)27-21-11-3-2-4-12-21)28(16-19-9-5-6-13-22(19)26)23(29)15-18-8-7-10-20(25)14-18/h5-10,13-14,17,21H,2-4,11-12,15-16H2,1H3,(H,27,30)/t17-/m1/s1. The van der Waals surface area contributed by atoms with Gasteiger partial charge in [-0.1, -0.05) is 61.2 Å². The lowest BCUT2D eigenvalue weighted by atomic mass is 9.95. The van der Waals surface area contributed by atoms with Gasteiger partial charge >= 0.3 is 0 Å². The molecule has 1 fully saturated rings. The van der Waals surface area contributed by atoms with E-state index < -0.39 is 11.9 Å². The van der Waals surface area contributed by atoms with Crippen molar-refractivity contribution >= 4 is 23.4 Å². The van der Waals surface area contributed by atoms with Crippen LogP contribution in [0, 0.1) is 5.82 Å². The highest BCUT2D eigenvalue weighted by Crippen LogP contribution is 2.19. The van der Waals surface area contributed by atoms with Crippen molar-refractivity contribution in [1.82, 2.24) is 10.2 Å². The second-order valence-electron chi connectivity index (χ2n) is 7.94. The van der Waals surface area contributed by atoms with Gasteiger partial charge in [0, 0.05) is 23.2 Å². The third kappa shape index (κ3) is 6.05. The molecule has 0 aromatic heterocycles. The van der Waals surface area contributed by atoms with Crippen LogP contribution >= 0.6 is 11.6 Å². The molecule has 3 rings (SSSR count). The molecule has 0 radical (unpaired) electrons. The van der Waals surface area contributed by atoms with E-state index in [1.54, 1.807) is 43.3 Å². The lowest BCUT2D eigenvalue weighted by Crippen LogP contribution is -2.50. The first-order valence-electron chi connectivity index (χ1n) is 10.5. The summed E-state index contributed by atoms with van der Waals surface area (Å²) in [6.07, 6.45) is 5.41. The lowest BCUT2D eigenvalue weighted by Gasteiger charge is -2.31. The normalized spacial score (nSPS) is 15.4. The molecule has 1 aliphatic carbocycles. The van der Waals surface area contributed by atoms with Crippen molar-refractivity contribution in [3.8, 4) is 0 Å². The molecule has 4 nitrogen and oxygen atoms in total. The van der Waals surface area contributed by atoms with Crippen molar-refractivity contribution < 1.29 is 14.0 Å². The van der Waals surface area contributed by atoms with Crippen LogP contribution in [0.1, 0.15) is 50.2 Å². The van der Waals surface area contributed by atoms with E-state index in [0.29, 0.717) is 10.6 Å². The molecule has 0 saturated heterocycles. The zero-order valence-electron chi connectivity index (χ0n) is 17.2. The summed E-state index contributed by atoms with van der Waals surface area (Å²) in [5.41, 5.74) is 1.14. The van der Waals surface area contributed by atoms with Gasteiger partial charge in [0.1, 0.15) is 11.9 Å². The summed E-state index contributed by atoms with van der Waals surface area (Å²) in [5, 5.41) is 3.63. The summed E-state index contributed by atoms with van der Waals surface area (Å²) in [6.45, 7) is 1.74. The van der Waals surface area contributed by atoms with Crippen LogP contribution in [-0.2, 0) is 22.6 Å². The Hall–Kier alpha value is -2.40. The Bertz CT molecular complexity index is 883. The van der Waals surface area contributed by atoms with Crippen molar-refractivity contribution in [2.45, 2.75) is 64.1 Å². The molecule has 0 aliphatic heterocycles. The van der Waals surface area contributed by atoms with Crippen molar-refractivity contribution in [2.75, 3.05) is 0 Å². The fourth-order valence-electron chi connectivity index (χ4n) is 3.88. The average molecular weight is 431 g/mol. The summed E-state index contributed by atoms with van der Waals surface area (Å²) in [7, 11) is 0. The van der Waals surface area contributed by atoms with Gasteiger partial charge in [-0.15, -0.1) is 0 Å². The summed E-state index contributed by atoms with van der Waals surface area (Å²) in [5.74, 6) is -0.831. The highest BCUT2D eigenvalue weighted by molar-refractivity contribution is 6.30. The van der Waals surface area contributed by atoms with E-state index in [2.05, 4.69) is 5.32 Å². The van der Waals surface area contributed by atoms with Crippen molar-refractivity contribution in [1.29, 1.82) is 0 Å². The zero-order chi connectivity index (χ0) is 21.5. The van der Waals surface area contributed by atoms with E-state index in [0.717, 1.165) is 31.2 Å². The van der Waals surface area contributed by atoms with Crippen molar-refractivity contribution in [3.05, 3.63) is 70.5 Å². The second kappa shape index (κ2) is 10.6. The summed E-state index contributed by atoms with van der Waals surface area (Å²) in [6, 6.07) is 12.8. The highest BCUT2D eigenvalue weighted by Gasteiger charge is 2.28. The lowest BCUT2D eigenvalue weighted by molar-refractivity contribution is -0.140. The van der Waals surface area contributed by atoms with Gasteiger partial charge in [-0.25, -0.2) is 4.39 Å². The minimum absolute atomic E-state index is 0.0331. The number of halogens is 2. The van der Waals surface area contributed by atoms with E-state index in [-0.39, 0.29) is 30.8 Å². The van der Waals surface area contributed by atoms with Crippen molar-refractivity contribution in [3.63, 3.8) is 0 Å². The van der Waals surface area contributed by atoms with Gasteiger partial charge in [-0.05, 0) is 43.5 Å². The average Bonchev–Trinajstić information content (AvgIpc) is 2.73. The monoisotopic (exact) mass is 430 g/mol. The van der Waals surface area contributed by atoms with Crippen LogP contribution in [0.5, 0.6) is 0 Å². The van der Waals surface area contributed by atoms with Crippen LogP contribution in [0.2, 0.25) is 5.02 Å².